The second kappa shape index (κ2) is 8.51. The molecule has 1 atom stereocenters. The molecule has 0 bridgehead atoms. The molecule has 1 aliphatic rings. The summed E-state index contributed by atoms with van der Waals surface area (Å²) in [5, 5.41) is 17.7. The Kier molecular flexibility index (Phi) is 5.75. The molecule has 0 saturated carbocycles. The Labute approximate surface area is 185 Å². The number of ether oxygens (including phenoxy) is 2. The lowest BCUT2D eigenvalue weighted by molar-refractivity contribution is 0.105. The molecule has 0 fully saturated rings. The van der Waals surface area contributed by atoms with Crippen molar-refractivity contribution in [1.29, 1.82) is 0 Å². The van der Waals surface area contributed by atoms with Crippen LogP contribution in [0.25, 0.3) is 5.69 Å². The number of aryl methyl sites for hydroxylation is 2. The van der Waals surface area contributed by atoms with Crippen LogP contribution in [0.2, 0.25) is 0 Å². The van der Waals surface area contributed by atoms with Gasteiger partial charge in [-0.2, -0.15) is 5.10 Å². The number of rotatable bonds is 4. The molecule has 32 heavy (non-hydrogen) atoms. The van der Waals surface area contributed by atoms with E-state index in [2.05, 4.69) is 10.4 Å². The van der Waals surface area contributed by atoms with Gasteiger partial charge in [-0.3, -0.25) is 0 Å². The Hall–Kier alpha value is -3.59. The number of aromatic nitrogens is 2. The topological polar surface area (TPSA) is 88.9 Å². The number of amides is 2. The number of methoxy groups -OCH3 is 2. The van der Waals surface area contributed by atoms with Crippen molar-refractivity contribution in [3.63, 3.8) is 0 Å². The summed E-state index contributed by atoms with van der Waals surface area (Å²) in [5.74, 6) is 0.581. The van der Waals surface area contributed by atoms with Crippen molar-refractivity contribution in [1.82, 2.24) is 14.7 Å². The molecule has 2 heterocycles. The highest BCUT2D eigenvalue weighted by Gasteiger charge is 2.32. The number of nitrogens with one attached hydrogen (secondary N) is 1. The van der Waals surface area contributed by atoms with Crippen LogP contribution in [0, 0.1) is 19.7 Å². The molecule has 4 rings (SSSR count). The number of halogens is 1. The molecule has 0 radical (unpaired) electrons. The lowest BCUT2D eigenvalue weighted by Crippen LogP contribution is -2.41. The van der Waals surface area contributed by atoms with Crippen molar-refractivity contribution in [3.8, 4) is 17.2 Å². The molecule has 2 N–H and O–H groups in total. The molecular weight excluding hydrogens is 415 g/mol. The summed E-state index contributed by atoms with van der Waals surface area (Å²) in [4.78, 5) is 14.3. The van der Waals surface area contributed by atoms with E-state index < -0.39 is 18.0 Å². The van der Waals surface area contributed by atoms with Crippen molar-refractivity contribution in [3.05, 3.63) is 64.7 Å². The van der Waals surface area contributed by atoms with Crippen LogP contribution in [0.3, 0.4) is 0 Å². The van der Waals surface area contributed by atoms with E-state index in [0.717, 1.165) is 11.4 Å². The summed E-state index contributed by atoms with van der Waals surface area (Å²) in [6.07, 6.45) is -0.945. The third-order valence-corrected chi connectivity index (χ3v) is 5.51. The fraction of sp³-hybridized carbons (Fsp3) is 0.304. The Morgan fingerprint density at radius 1 is 1.16 bits per heavy atom. The second-order valence-electron chi connectivity index (χ2n) is 7.69. The Bertz CT molecular complexity index is 1180. The van der Waals surface area contributed by atoms with Crippen molar-refractivity contribution in [2.24, 2.45) is 0 Å². The van der Waals surface area contributed by atoms with Crippen LogP contribution < -0.4 is 14.8 Å². The number of aliphatic hydroxyl groups excluding tert-OH is 1. The van der Waals surface area contributed by atoms with Crippen LogP contribution in [0.4, 0.5) is 14.9 Å². The first-order valence-corrected chi connectivity index (χ1v) is 10.1. The summed E-state index contributed by atoms with van der Waals surface area (Å²) in [6.45, 7) is 3.96. The number of hydrogen-bond donors (Lipinski definition) is 2. The van der Waals surface area contributed by atoms with Crippen molar-refractivity contribution in [2.75, 3.05) is 26.1 Å². The number of fused-ring (bicyclic) bond motifs is 1. The number of carbonyl (C=O) groups excluding carboxylic acids is 1. The van der Waals surface area contributed by atoms with Crippen molar-refractivity contribution >= 4 is 11.7 Å². The molecule has 9 heteroatoms. The van der Waals surface area contributed by atoms with Gasteiger partial charge in [0, 0.05) is 22.5 Å². The van der Waals surface area contributed by atoms with Gasteiger partial charge in [0.25, 0.3) is 0 Å². The third kappa shape index (κ3) is 3.87. The molecule has 0 spiro atoms. The molecule has 3 aromatic rings. The largest absolute Gasteiger partial charge is 0.496 e. The van der Waals surface area contributed by atoms with Crippen molar-refractivity contribution < 1.29 is 23.8 Å². The highest BCUT2D eigenvalue weighted by Crippen LogP contribution is 2.39. The van der Waals surface area contributed by atoms with E-state index in [1.807, 2.05) is 19.9 Å². The average molecular weight is 440 g/mol. The van der Waals surface area contributed by atoms with Gasteiger partial charge in [0.05, 0.1) is 33.0 Å². The highest BCUT2D eigenvalue weighted by molar-refractivity contribution is 5.89. The molecule has 2 amide bonds. The summed E-state index contributed by atoms with van der Waals surface area (Å²) < 4.78 is 27.1. The number of nitrogens with zero attached hydrogens (tertiary/aromatic N) is 3. The molecule has 168 valence electrons. The molecule has 0 unspecified atom stereocenters. The number of urea groups is 1. The summed E-state index contributed by atoms with van der Waals surface area (Å²) in [7, 11) is 3.05. The number of β-amino-alcohol motifs (C(OH)–C–C–N with tert-alkyl or cyclic N) is 1. The van der Waals surface area contributed by atoms with Crippen LogP contribution in [0.15, 0.2) is 36.4 Å². The number of anilines is 1. The maximum Gasteiger partial charge on any atom is 0.322 e. The maximum absolute atomic E-state index is 14.8. The molecule has 0 saturated heterocycles. The van der Waals surface area contributed by atoms with Crippen LogP contribution in [0.1, 0.15) is 28.6 Å². The second-order valence-corrected chi connectivity index (χ2v) is 7.69. The minimum absolute atomic E-state index is 0.0642. The zero-order valence-electron chi connectivity index (χ0n) is 18.3. The fourth-order valence-corrected chi connectivity index (χ4v) is 4.06. The van der Waals surface area contributed by atoms with E-state index in [1.165, 1.54) is 29.9 Å². The van der Waals surface area contributed by atoms with Crippen molar-refractivity contribution in [2.45, 2.75) is 26.5 Å². The van der Waals surface area contributed by atoms with Gasteiger partial charge in [-0.15, -0.1) is 0 Å². The molecule has 1 aliphatic heterocycles. The molecule has 2 aromatic carbocycles. The first kappa shape index (κ1) is 21.6. The Morgan fingerprint density at radius 2 is 1.88 bits per heavy atom. The van der Waals surface area contributed by atoms with Crippen LogP contribution >= 0.6 is 0 Å². The predicted molar refractivity (Wildman–Crippen MR) is 117 cm³/mol. The van der Waals surface area contributed by atoms with Crippen LogP contribution in [-0.2, 0) is 6.54 Å². The SMILES string of the molecule is COc1ccc(OC)c2c1CN(C(=O)Nc1ccc(-n3nc(C)cc3C)c(F)c1)C[C@@H]2O. The number of hydrogen-bond acceptors (Lipinski definition) is 5. The number of benzene rings is 2. The van der Waals surface area contributed by atoms with E-state index in [0.29, 0.717) is 34.0 Å². The van der Waals surface area contributed by atoms with Gasteiger partial charge in [-0.05, 0) is 50.2 Å². The average Bonchev–Trinajstić information content (AvgIpc) is 3.10. The van der Waals surface area contributed by atoms with Gasteiger partial charge in [-0.1, -0.05) is 0 Å². The normalized spacial score (nSPS) is 15.3. The smallest absolute Gasteiger partial charge is 0.322 e. The molecule has 0 aliphatic carbocycles. The highest BCUT2D eigenvalue weighted by atomic mass is 19.1. The number of aliphatic hydroxyl groups is 1. The van der Waals surface area contributed by atoms with Gasteiger partial charge in [-0.25, -0.2) is 13.9 Å². The van der Waals surface area contributed by atoms with Crippen LogP contribution in [-0.4, -0.2) is 46.6 Å². The van der Waals surface area contributed by atoms with Gasteiger partial charge in [0.2, 0.25) is 0 Å². The summed E-state index contributed by atoms with van der Waals surface area (Å²) >= 11 is 0. The third-order valence-electron chi connectivity index (χ3n) is 5.51. The lowest BCUT2D eigenvalue weighted by atomic mass is 9.95. The van der Waals surface area contributed by atoms with E-state index in [4.69, 9.17) is 9.47 Å². The predicted octanol–water partition coefficient (Wildman–Crippen LogP) is 3.73. The minimum atomic E-state index is -0.945. The summed E-state index contributed by atoms with van der Waals surface area (Å²) in [6, 6.07) is 9.30. The first-order valence-electron chi connectivity index (χ1n) is 10.1. The molecule has 1 aromatic heterocycles. The van der Waals surface area contributed by atoms with Gasteiger partial charge >= 0.3 is 6.03 Å². The summed E-state index contributed by atoms with van der Waals surface area (Å²) in [5.41, 5.74) is 3.48. The Balaban J connectivity index is 1.55. The first-order chi connectivity index (χ1) is 15.3. The fourth-order valence-electron chi connectivity index (χ4n) is 4.06. The van der Waals surface area contributed by atoms with E-state index >= 15 is 0 Å². The van der Waals surface area contributed by atoms with E-state index in [-0.39, 0.29) is 13.1 Å². The zero-order chi connectivity index (χ0) is 23.0. The monoisotopic (exact) mass is 440 g/mol. The quantitative estimate of drug-likeness (QED) is 0.646. The minimum Gasteiger partial charge on any atom is -0.496 e. The maximum atomic E-state index is 14.8. The van der Waals surface area contributed by atoms with E-state index in [9.17, 15) is 14.3 Å². The Morgan fingerprint density at radius 3 is 2.50 bits per heavy atom. The molecule has 8 nitrogen and oxygen atoms in total. The van der Waals surface area contributed by atoms with Gasteiger partial charge in [0.1, 0.15) is 23.3 Å². The number of carbonyl (C=O) groups is 1. The van der Waals surface area contributed by atoms with Crippen LogP contribution in [0.5, 0.6) is 11.5 Å². The van der Waals surface area contributed by atoms with E-state index in [1.54, 1.807) is 24.3 Å². The zero-order valence-corrected chi connectivity index (χ0v) is 18.3. The van der Waals surface area contributed by atoms with Gasteiger partial charge in [0.15, 0.2) is 5.82 Å². The standard InChI is InChI=1S/C23H25FN4O4/c1-13-9-14(2)28(26-13)18-6-5-15(10-17(18)24)25-23(30)27-11-16-20(31-3)7-8-21(32-4)22(16)19(29)12-27/h5-10,19,29H,11-12H2,1-4H3,(H,25,30)/t19-/m0/s1. The van der Waals surface area contributed by atoms with Gasteiger partial charge < -0.3 is 24.8 Å². The lowest BCUT2D eigenvalue weighted by Gasteiger charge is -2.34. The molecular formula is C23H25FN4O4.